The number of H-pyrrole nitrogens is 1. The van der Waals surface area contributed by atoms with Gasteiger partial charge in [-0.3, -0.25) is 19.2 Å². The van der Waals surface area contributed by atoms with E-state index in [1.807, 2.05) is 11.8 Å². The number of morpholine rings is 1. The second-order valence-corrected chi connectivity index (χ2v) is 9.83. The molecule has 2 N–H and O–H groups in total. The van der Waals surface area contributed by atoms with Crippen molar-refractivity contribution in [1.29, 1.82) is 0 Å². The highest BCUT2D eigenvalue weighted by Gasteiger charge is 2.54. The number of nitrogens with zero attached hydrogens (tertiary/aromatic N) is 2. The number of aromatic amines is 1. The zero-order valence-corrected chi connectivity index (χ0v) is 17.8. The first-order chi connectivity index (χ1) is 14.8. The summed E-state index contributed by atoms with van der Waals surface area (Å²) in [5, 5.41) is 8.88. The van der Waals surface area contributed by atoms with Crippen molar-refractivity contribution >= 4 is 9.84 Å². The maximum atomic E-state index is 13.7. The Kier molecular flexibility index (Phi) is 6.13. The molecule has 10 nitrogen and oxygen atoms in total. The van der Waals surface area contributed by atoms with Crippen molar-refractivity contribution in [3.05, 3.63) is 62.9 Å². The summed E-state index contributed by atoms with van der Waals surface area (Å²) in [5.74, 6) is 0. The van der Waals surface area contributed by atoms with Crippen LogP contribution in [-0.2, 0) is 19.3 Å². The summed E-state index contributed by atoms with van der Waals surface area (Å²) < 4.78 is 39.9. The summed E-state index contributed by atoms with van der Waals surface area (Å²) in [6.45, 7) is 3.03. The fraction of sp³-hybridized carbons (Fsp3) is 0.500. The Hall–Kier alpha value is -2.31. The SMILES string of the molecule is Cc1ccc(S(=O)(=O)[C@@H]2[C@@H](N3CCOCC3)[C@H](n3ccc(=O)[nH]c3=O)O[C@@H]2CO)cc1. The molecule has 11 heteroatoms. The van der Waals surface area contributed by atoms with Gasteiger partial charge in [0.1, 0.15) is 11.4 Å². The third kappa shape index (κ3) is 4.11. The minimum atomic E-state index is -3.93. The lowest BCUT2D eigenvalue weighted by Gasteiger charge is -2.37. The number of aromatic nitrogens is 2. The zero-order valence-electron chi connectivity index (χ0n) is 17.0. The van der Waals surface area contributed by atoms with Crippen molar-refractivity contribution in [2.45, 2.75) is 35.4 Å². The number of nitrogens with one attached hydrogen (secondary N) is 1. The number of ether oxygens (including phenoxy) is 2. The van der Waals surface area contributed by atoms with Gasteiger partial charge >= 0.3 is 5.69 Å². The maximum absolute atomic E-state index is 13.7. The third-order valence-electron chi connectivity index (χ3n) is 5.79. The molecule has 0 unspecified atom stereocenters. The van der Waals surface area contributed by atoms with Crippen molar-refractivity contribution in [3.8, 4) is 0 Å². The monoisotopic (exact) mass is 451 g/mol. The van der Waals surface area contributed by atoms with E-state index in [4.69, 9.17) is 9.47 Å². The molecular weight excluding hydrogens is 426 g/mol. The van der Waals surface area contributed by atoms with Gasteiger partial charge in [-0.1, -0.05) is 17.7 Å². The zero-order chi connectivity index (χ0) is 22.2. The highest BCUT2D eigenvalue weighted by atomic mass is 32.2. The van der Waals surface area contributed by atoms with Gasteiger partial charge in [0.2, 0.25) is 0 Å². The maximum Gasteiger partial charge on any atom is 0.330 e. The number of hydrogen-bond acceptors (Lipinski definition) is 8. The number of aliphatic hydroxyl groups is 1. The second kappa shape index (κ2) is 8.67. The predicted molar refractivity (Wildman–Crippen MR) is 111 cm³/mol. The Morgan fingerprint density at radius 1 is 1.13 bits per heavy atom. The van der Waals surface area contributed by atoms with Crippen LogP contribution >= 0.6 is 0 Å². The lowest BCUT2D eigenvalue weighted by Crippen LogP contribution is -2.54. The van der Waals surface area contributed by atoms with Gasteiger partial charge < -0.3 is 14.6 Å². The number of rotatable bonds is 5. The standard InChI is InChI=1S/C20H25N3O7S/c1-13-2-4-14(5-3-13)31(27,28)18-15(12-24)30-19(17(18)22-8-10-29-11-9-22)23-7-6-16(25)21-20(23)26/h2-7,15,17-19,24H,8-12H2,1H3,(H,21,25,26)/t15-,17-,18+,19-/m1/s1. The molecule has 0 saturated carbocycles. The molecule has 168 valence electrons. The molecule has 2 aliphatic rings. The Morgan fingerprint density at radius 3 is 2.42 bits per heavy atom. The van der Waals surface area contributed by atoms with Crippen molar-refractivity contribution in [2.24, 2.45) is 0 Å². The number of aryl methyl sites for hydroxylation is 1. The van der Waals surface area contributed by atoms with Crippen LogP contribution in [0.3, 0.4) is 0 Å². The molecule has 3 heterocycles. The number of sulfone groups is 1. The highest BCUT2D eigenvalue weighted by Crippen LogP contribution is 2.39. The smallest absolute Gasteiger partial charge is 0.330 e. The summed E-state index contributed by atoms with van der Waals surface area (Å²) >= 11 is 0. The Labute approximate surface area is 179 Å². The van der Waals surface area contributed by atoms with Gasteiger partial charge in [0.15, 0.2) is 16.1 Å². The Bertz CT molecular complexity index is 1140. The van der Waals surface area contributed by atoms with Crippen LogP contribution < -0.4 is 11.2 Å². The summed E-state index contributed by atoms with van der Waals surface area (Å²) in [5.41, 5.74) is -0.353. The van der Waals surface area contributed by atoms with Crippen LogP contribution in [0.15, 0.2) is 51.0 Å². The molecule has 0 radical (unpaired) electrons. The van der Waals surface area contributed by atoms with Crippen molar-refractivity contribution in [2.75, 3.05) is 32.9 Å². The van der Waals surface area contributed by atoms with E-state index in [0.29, 0.717) is 26.3 Å². The van der Waals surface area contributed by atoms with E-state index in [-0.39, 0.29) is 4.90 Å². The first-order valence-electron chi connectivity index (χ1n) is 10.0. The van der Waals surface area contributed by atoms with Gasteiger partial charge in [0.25, 0.3) is 5.56 Å². The van der Waals surface area contributed by atoms with Gasteiger partial charge in [0.05, 0.1) is 30.8 Å². The normalized spacial score (nSPS) is 27.4. The highest BCUT2D eigenvalue weighted by molar-refractivity contribution is 7.92. The Balaban J connectivity index is 1.83. The summed E-state index contributed by atoms with van der Waals surface area (Å²) in [6, 6.07) is 6.91. The first kappa shape index (κ1) is 21.9. The number of hydrogen-bond donors (Lipinski definition) is 2. The lowest BCUT2D eigenvalue weighted by molar-refractivity contribution is -0.0577. The minimum absolute atomic E-state index is 0.123. The quantitative estimate of drug-likeness (QED) is 0.609. The van der Waals surface area contributed by atoms with Crippen LogP contribution in [0.2, 0.25) is 0 Å². The molecule has 4 rings (SSSR count). The molecule has 0 spiro atoms. The fourth-order valence-corrected chi connectivity index (χ4v) is 6.31. The second-order valence-electron chi connectivity index (χ2n) is 7.73. The first-order valence-corrected chi connectivity index (χ1v) is 11.6. The van der Waals surface area contributed by atoms with Gasteiger partial charge in [-0.15, -0.1) is 0 Å². The van der Waals surface area contributed by atoms with Crippen molar-refractivity contribution < 1.29 is 23.0 Å². The van der Waals surface area contributed by atoms with Crippen molar-refractivity contribution in [3.63, 3.8) is 0 Å². The van der Waals surface area contributed by atoms with Crippen LogP contribution in [0.5, 0.6) is 0 Å². The molecular formula is C20H25N3O7S. The lowest BCUT2D eigenvalue weighted by atomic mass is 10.1. The summed E-state index contributed by atoms with van der Waals surface area (Å²) in [7, 11) is -3.93. The van der Waals surface area contributed by atoms with E-state index in [1.54, 1.807) is 12.1 Å². The molecule has 2 aromatic rings. The molecule has 0 aliphatic carbocycles. The van der Waals surface area contributed by atoms with Crippen LogP contribution in [0, 0.1) is 6.92 Å². The van der Waals surface area contributed by atoms with Gasteiger partial charge in [-0.05, 0) is 19.1 Å². The summed E-state index contributed by atoms with van der Waals surface area (Å²) in [4.78, 5) is 28.2. The third-order valence-corrected chi connectivity index (χ3v) is 8.02. The molecule has 2 saturated heterocycles. The Morgan fingerprint density at radius 2 is 1.81 bits per heavy atom. The molecule has 4 atom stereocenters. The predicted octanol–water partition coefficient (Wildman–Crippen LogP) is -0.722. The van der Waals surface area contributed by atoms with Crippen LogP contribution in [0.4, 0.5) is 0 Å². The van der Waals surface area contributed by atoms with E-state index in [9.17, 15) is 23.1 Å². The number of aliphatic hydroxyl groups excluding tert-OH is 1. The largest absolute Gasteiger partial charge is 0.394 e. The van der Waals surface area contributed by atoms with Crippen LogP contribution in [-0.4, -0.2) is 78.3 Å². The van der Waals surface area contributed by atoms with Crippen LogP contribution in [0.25, 0.3) is 0 Å². The van der Waals surface area contributed by atoms with Crippen molar-refractivity contribution in [1.82, 2.24) is 14.5 Å². The topological polar surface area (TPSA) is 131 Å². The van der Waals surface area contributed by atoms with E-state index in [2.05, 4.69) is 4.98 Å². The van der Waals surface area contributed by atoms with Gasteiger partial charge in [-0.25, -0.2) is 13.2 Å². The van der Waals surface area contributed by atoms with Gasteiger partial charge in [-0.2, -0.15) is 0 Å². The summed E-state index contributed by atoms with van der Waals surface area (Å²) in [6.07, 6.45) is -0.776. The average Bonchev–Trinajstić information content (AvgIpc) is 3.15. The molecule has 0 amide bonds. The van der Waals surface area contributed by atoms with E-state index in [0.717, 1.165) is 5.56 Å². The number of benzene rings is 1. The molecule has 1 aromatic heterocycles. The molecule has 1 aromatic carbocycles. The van der Waals surface area contributed by atoms with E-state index >= 15 is 0 Å². The van der Waals surface area contributed by atoms with E-state index in [1.165, 1.54) is 29.0 Å². The fourth-order valence-electron chi connectivity index (χ4n) is 4.26. The van der Waals surface area contributed by atoms with E-state index < -0.39 is 51.3 Å². The van der Waals surface area contributed by atoms with Gasteiger partial charge in [0, 0.05) is 25.4 Å². The molecule has 2 fully saturated rings. The van der Waals surface area contributed by atoms with Crippen LogP contribution in [0.1, 0.15) is 11.8 Å². The average molecular weight is 452 g/mol. The molecule has 31 heavy (non-hydrogen) atoms. The minimum Gasteiger partial charge on any atom is -0.394 e. The molecule has 0 bridgehead atoms. The molecule has 2 aliphatic heterocycles.